The maximum absolute atomic E-state index is 13.5. The van der Waals surface area contributed by atoms with Gasteiger partial charge < -0.3 is 0 Å². The van der Waals surface area contributed by atoms with Crippen LogP contribution in [-0.4, -0.2) is 17.9 Å². The fourth-order valence-corrected chi connectivity index (χ4v) is 4.73. The molecule has 3 aromatic rings. The lowest BCUT2D eigenvalue weighted by molar-refractivity contribution is -0.126. The van der Waals surface area contributed by atoms with Crippen molar-refractivity contribution in [3.63, 3.8) is 0 Å². The summed E-state index contributed by atoms with van der Waals surface area (Å²) < 4.78 is 0. The smallest absolute Gasteiger partial charge is 0.266 e. The van der Waals surface area contributed by atoms with Crippen molar-refractivity contribution in [1.82, 2.24) is 0 Å². The number of fused-ring (bicyclic) bond motifs is 1. The van der Waals surface area contributed by atoms with E-state index in [2.05, 4.69) is 0 Å². The standard InChI is InChI=1S/C23H15Cl3N2O3/c24-14-8-6-13(7-9-14)20-19-21(31-28(20)16-4-2-1-3-5-16)23(30)27(22(19)29)18-11-10-15(25)12-17(18)26/h1-12,19-21H/t19-,20+,21+/m0/s1. The van der Waals surface area contributed by atoms with E-state index in [-0.39, 0.29) is 10.9 Å². The number of benzene rings is 3. The van der Waals surface area contributed by atoms with Gasteiger partial charge in [-0.25, -0.2) is 9.96 Å². The number of rotatable bonds is 3. The Balaban J connectivity index is 1.59. The summed E-state index contributed by atoms with van der Waals surface area (Å²) in [5.41, 5.74) is 1.85. The molecule has 2 fully saturated rings. The third-order valence-corrected chi connectivity index (χ3v) is 6.28. The highest BCUT2D eigenvalue weighted by Gasteiger charge is 2.60. The summed E-state index contributed by atoms with van der Waals surface area (Å²) in [5, 5.41) is 2.85. The molecule has 0 bridgehead atoms. The predicted molar refractivity (Wildman–Crippen MR) is 120 cm³/mol. The predicted octanol–water partition coefficient (Wildman–Crippen LogP) is 5.70. The van der Waals surface area contributed by atoms with Gasteiger partial charge in [0.2, 0.25) is 5.91 Å². The molecular formula is C23H15Cl3N2O3. The van der Waals surface area contributed by atoms with E-state index in [0.29, 0.717) is 15.7 Å². The minimum absolute atomic E-state index is 0.220. The van der Waals surface area contributed by atoms with Crippen LogP contribution in [0.5, 0.6) is 0 Å². The van der Waals surface area contributed by atoms with Crippen molar-refractivity contribution in [3.05, 3.63) is 93.4 Å². The number of para-hydroxylation sites is 1. The molecule has 0 unspecified atom stereocenters. The first-order valence-electron chi connectivity index (χ1n) is 9.55. The van der Waals surface area contributed by atoms with Crippen molar-refractivity contribution >= 4 is 58.0 Å². The Hall–Kier alpha value is -2.57. The number of nitrogens with zero attached hydrogens (tertiary/aromatic N) is 2. The van der Waals surface area contributed by atoms with Gasteiger partial charge in [0.15, 0.2) is 6.10 Å². The van der Waals surface area contributed by atoms with Crippen LogP contribution in [0.4, 0.5) is 11.4 Å². The number of anilines is 2. The van der Waals surface area contributed by atoms with Crippen molar-refractivity contribution < 1.29 is 14.4 Å². The second-order valence-corrected chi connectivity index (χ2v) is 8.60. The molecule has 31 heavy (non-hydrogen) atoms. The molecule has 0 N–H and O–H groups in total. The summed E-state index contributed by atoms with van der Waals surface area (Å²) in [4.78, 5) is 34.0. The van der Waals surface area contributed by atoms with Crippen LogP contribution in [0.1, 0.15) is 11.6 Å². The zero-order valence-electron chi connectivity index (χ0n) is 15.9. The molecule has 3 atom stereocenters. The molecule has 3 aromatic carbocycles. The van der Waals surface area contributed by atoms with Gasteiger partial charge in [0, 0.05) is 10.0 Å². The van der Waals surface area contributed by atoms with E-state index < -0.39 is 24.0 Å². The molecule has 5 rings (SSSR count). The normalized spacial score (nSPS) is 22.9. The summed E-state index contributed by atoms with van der Waals surface area (Å²) in [6.45, 7) is 0. The minimum atomic E-state index is -0.972. The zero-order valence-corrected chi connectivity index (χ0v) is 18.2. The Morgan fingerprint density at radius 1 is 0.774 bits per heavy atom. The Morgan fingerprint density at radius 3 is 2.13 bits per heavy atom. The van der Waals surface area contributed by atoms with Crippen LogP contribution < -0.4 is 9.96 Å². The number of carbonyl (C=O) groups excluding carboxylic acids is 2. The number of hydrogen-bond acceptors (Lipinski definition) is 4. The fraction of sp³-hybridized carbons (Fsp3) is 0.130. The maximum atomic E-state index is 13.5. The third kappa shape index (κ3) is 3.38. The van der Waals surface area contributed by atoms with Crippen LogP contribution >= 0.6 is 34.8 Å². The number of carbonyl (C=O) groups is 2. The van der Waals surface area contributed by atoms with Gasteiger partial charge in [-0.05, 0) is 48.0 Å². The van der Waals surface area contributed by atoms with Crippen molar-refractivity contribution in [3.8, 4) is 0 Å². The van der Waals surface area contributed by atoms with Crippen molar-refractivity contribution in [2.45, 2.75) is 12.1 Å². The molecule has 5 nitrogen and oxygen atoms in total. The third-order valence-electron chi connectivity index (χ3n) is 5.49. The van der Waals surface area contributed by atoms with Gasteiger partial charge in [-0.2, -0.15) is 0 Å². The SMILES string of the molecule is O=C1[C@H]2[C@@H](c3ccc(Cl)cc3)N(c3ccccc3)O[C@H]2C(=O)N1c1ccc(Cl)cc1Cl. The number of imide groups is 1. The van der Waals surface area contributed by atoms with Crippen LogP contribution in [-0.2, 0) is 14.4 Å². The summed E-state index contributed by atoms with van der Waals surface area (Å²) in [5.74, 6) is -1.59. The molecule has 2 saturated heterocycles. The Labute approximate surface area is 193 Å². The molecule has 0 aromatic heterocycles. The Bertz CT molecular complexity index is 1170. The fourth-order valence-electron chi connectivity index (χ4n) is 4.11. The molecule has 0 aliphatic carbocycles. The lowest BCUT2D eigenvalue weighted by Gasteiger charge is -2.29. The van der Waals surface area contributed by atoms with Gasteiger partial charge in [0.05, 0.1) is 22.4 Å². The van der Waals surface area contributed by atoms with Crippen LogP contribution in [0.15, 0.2) is 72.8 Å². The van der Waals surface area contributed by atoms with Gasteiger partial charge in [0.25, 0.3) is 5.91 Å². The molecule has 0 radical (unpaired) electrons. The average molecular weight is 474 g/mol. The topological polar surface area (TPSA) is 49.9 Å². The highest BCUT2D eigenvalue weighted by atomic mass is 35.5. The summed E-state index contributed by atoms with van der Waals surface area (Å²) in [7, 11) is 0. The van der Waals surface area contributed by atoms with E-state index in [1.807, 2.05) is 42.5 Å². The molecular weight excluding hydrogens is 459 g/mol. The van der Waals surface area contributed by atoms with Crippen molar-refractivity contribution in [2.75, 3.05) is 9.96 Å². The number of hydroxylamine groups is 1. The van der Waals surface area contributed by atoms with Crippen molar-refractivity contribution in [2.24, 2.45) is 5.92 Å². The van der Waals surface area contributed by atoms with E-state index >= 15 is 0 Å². The van der Waals surface area contributed by atoms with Crippen LogP contribution in [0.3, 0.4) is 0 Å². The molecule has 8 heteroatoms. The Kier molecular flexibility index (Phi) is 5.15. The van der Waals surface area contributed by atoms with E-state index in [0.717, 1.165) is 16.2 Å². The van der Waals surface area contributed by atoms with Crippen LogP contribution in [0, 0.1) is 5.92 Å². The van der Waals surface area contributed by atoms with Gasteiger partial charge in [0.1, 0.15) is 5.92 Å². The van der Waals surface area contributed by atoms with E-state index in [4.69, 9.17) is 39.6 Å². The molecule has 2 heterocycles. The van der Waals surface area contributed by atoms with Crippen LogP contribution in [0.2, 0.25) is 15.1 Å². The van der Waals surface area contributed by atoms with Gasteiger partial charge in [-0.15, -0.1) is 0 Å². The summed E-state index contributed by atoms with van der Waals surface area (Å²) in [6.07, 6.45) is -0.972. The second-order valence-electron chi connectivity index (χ2n) is 7.32. The zero-order chi connectivity index (χ0) is 21.7. The first kappa shape index (κ1) is 20.3. The molecule has 2 aliphatic rings. The number of amides is 2. The largest absolute Gasteiger partial charge is 0.273 e. The minimum Gasteiger partial charge on any atom is -0.273 e. The van der Waals surface area contributed by atoms with E-state index in [9.17, 15) is 9.59 Å². The summed E-state index contributed by atoms with van der Waals surface area (Å²) >= 11 is 18.3. The highest BCUT2D eigenvalue weighted by Crippen LogP contribution is 2.48. The quantitative estimate of drug-likeness (QED) is 0.458. The summed E-state index contributed by atoms with van der Waals surface area (Å²) in [6, 6.07) is 20.7. The first-order chi connectivity index (χ1) is 15.0. The second kappa shape index (κ2) is 7.84. The Morgan fingerprint density at radius 2 is 1.45 bits per heavy atom. The first-order valence-corrected chi connectivity index (χ1v) is 10.7. The van der Waals surface area contributed by atoms with Crippen LogP contribution in [0.25, 0.3) is 0 Å². The van der Waals surface area contributed by atoms with Crippen molar-refractivity contribution in [1.29, 1.82) is 0 Å². The maximum Gasteiger partial charge on any atom is 0.266 e. The monoisotopic (exact) mass is 472 g/mol. The van der Waals surface area contributed by atoms with E-state index in [1.165, 1.54) is 6.07 Å². The highest BCUT2D eigenvalue weighted by molar-refractivity contribution is 6.38. The number of halogens is 3. The van der Waals surface area contributed by atoms with Gasteiger partial charge in [-0.1, -0.05) is 65.1 Å². The molecule has 0 spiro atoms. The van der Waals surface area contributed by atoms with Gasteiger partial charge >= 0.3 is 0 Å². The lowest BCUT2D eigenvalue weighted by atomic mass is 9.90. The number of hydrogen-bond donors (Lipinski definition) is 0. The lowest BCUT2D eigenvalue weighted by Crippen LogP contribution is -2.37. The average Bonchev–Trinajstić information content (AvgIpc) is 3.26. The molecule has 2 amide bonds. The molecule has 156 valence electrons. The van der Waals surface area contributed by atoms with Gasteiger partial charge in [-0.3, -0.25) is 14.4 Å². The van der Waals surface area contributed by atoms with E-state index in [1.54, 1.807) is 29.3 Å². The molecule has 2 aliphatic heterocycles. The molecule has 0 saturated carbocycles.